The molecule has 4 heteroatoms. The van der Waals surface area contributed by atoms with Crippen LogP contribution in [-0.2, 0) is 12.2 Å². The number of hydrogen-bond donors (Lipinski definition) is 1. The van der Waals surface area contributed by atoms with Crippen molar-refractivity contribution < 1.29 is 4.42 Å². The van der Waals surface area contributed by atoms with Crippen LogP contribution in [-0.4, -0.2) is 6.54 Å². The van der Waals surface area contributed by atoms with Gasteiger partial charge in [0.1, 0.15) is 5.76 Å². The average Bonchev–Trinajstić information content (AvgIpc) is 2.81. The first-order valence-corrected chi connectivity index (χ1v) is 6.79. The maximum Gasteiger partial charge on any atom is 0.113 e. The van der Waals surface area contributed by atoms with E-state index in [1.807, 2.05) is 24.3 Å². The minimum absolute atomic E-state index is 0.648. The first-order valence-electron chi connectivity index (χ1n) is 5.43. The van der Waals surface area contributed by atoms with Gasteiger partial charge in [0.2, 0.25) is 0 Å². The average molecular weight is 268 g/mol. The van der Waals surface area contributed by atoms with Gasteiger partial charge in [0, 0.05) is 4.90 Å². The molecule has 0 aliphatic carbocycles. The predicted octanol–water partition coefficient (Wildman–Crippen LogP) is 3.73. The lowest BCUT2D eigenvalue weighted by molar-refractivity contribution is 0.530. The zero-order chi connectivity index (χ0) is 12.1. The number of halogens is 1. The molecule has 2 aromatic rings. The molecule has 1 aromatic heterocycles. The van der Waals surface area contributed by atoms with Gasteiger partial charge < -0.3 is 10.2 Å². The van der Waals surface area contributed by atoms with Gasteiger partial charge in [0.15, 0.2) is 0 Å². The predicted molar refractivity (Wildman–Crippen MR) is 72.5 cm³/mol. The summed E-state index contributed by atoms with van der Waals surface area (Å²) in [4.78, 5) is 1.07. The Morgan fingerprint density at radius 3 is 2.82 bits per heavy atom. The molecule has 2 nitrogen and oxygen atoms in total. The molecule has 0 saturated carbocycles. The Hall–Kier alpha value is -0.900. The van der Waals surface area contributed by atoms with Crippen molar-refractivity contribution in [3.63, 3.8) is 0 Å². The minimum Gasteiger partial charge on any atom is -0.468 e. The van der Waals surface area contributed by atoms with Gasteiger partial charge in [0.05, 0.1) is 17.0 Å². The van der Waals surface area contributed by atoms with Crippen LogP contribution in [0, 0.1) is 0 Å². The van der Waals surface area contributed by atoms with Crippen molar-refractivity contribution >= 4 is 23.4 Å². The van der Waals surface area contributed by atoms with Crippen LogP contribution in [0.25, 0.3) is 0 Å². The molecule has 0 spiro atoms. The van der Waals surface area contributed by atoms with Crippen LogP contribution in [0.5, 0.6) is 0 Å². The number of furan rings is 1. The Morgan fingerprint density at radius 1 is 1.29 bits per heavy atom. The Labute approximate surface area is 110 Å². The van der Waals surface area contributed by atoms with Gasteiger partial charge >= 0.3 is 0 Å². The van der Waals surface area contributed by atoms with Crippen LogP contribution in [0.4, 0.5) is 0 Å². The second-order valence-electron chi connectivity index (χ2n) is 3.67. The fraction of sp³-hybridized carbons (Fsp3) is 0.231. The molecule has 0 amide bonds. The molecule has 17 heavy (non-hydrogen) atoms. The third-order valence-electron chi connectivity index (χ3n) is 2.38. The quantitative estimate of drug-likeness (QED) is 0.839. The fourth-order valence-corrected chi connectivity index (χ4v) is 2.72. The van der Waals surface area contributed by atoms with Crippen molar-refractivity contribution in [2.75, 3.05) is 6.54 Å². The van der Waals surface area contributed by atoms with E-state index in [0.717, 1.165) is 27.9 Å². The SMILES string of the molecule is NCCc1ccc(SCc2ccco2)c(Cl)c1. The van der Waals surface area contributed by atoms with Crippen molar-refractivity contribution in [3.05, 3.63) is 52.9 Å². The van der Waals surface area contributed by atoms with Crippen molar-refractivity contribution in [3.8, 4) is 0 Å². The number of rotatable bonds is 5. The van der Waals surface area contributed by atoms with E-state index < -0.39 is 0 Å². The van der Waals surface area contributed by atoms with Gasteiger partial charge in [-0.1, -0.05) is 17.7 Å². The summed E-state index contributed by atoms with van der Waals surface area (Å²) in [6.45, 7) is 0.648. The van der Waals surface area contributed by atoms with Crippen LogP contribution in [0.1, 0.15) is 11.3 Å². The van der Waals surface area contributed by atoms with Crippen LogP contribution >= 0.6 is 23.4 Å². The second kappa shape index (κ2) is 6.15. The molecule has 1 aromatic carbocycles. The van der Waals surface area contributed by atoms with Crippen molar-refractivity contribution in [2.24, 2.45) is 5.73 Å². The third kappa shape index (κ3) is 3.53. The summed E-state index contributed by atoms with van der Waals surface area (Å²) in [6, 6.07) is 9.95. The highest BCUT2D eigenvalue weighted by Crippen LogP contribution is 2.30. The van der Waals surface area contributed by atoms with E-state index in [4.69, 9.17) is 21.8 Å². The number of hydrogen-bond acceptors (Lipinski definition) is 3. The summed E-state index contributed by atoms with van der Waals surface area (Å²) in [5.74, 6) is 1.75. The standard InChI is InChI=1S/C13H14ClNOS/c14-12-8-10(5-6-15)3-4-13(12)17-9-11-2-1-7-16-11/h1-4,7-8H,5-6,9,15H2. The normalized spacial score (nSPS) is 10.7. The smallest absolute Gasteiger partial charge is 0.113 e. The highest BCUT2D eigenvalue weighted by atomic mass is 35.5. The Balaban J connectivity index is 2.01. The molecular formula is C13H14ClNOS. The van der Waals surface area contributed by atoms with E-state index >= 15 is 0 Å². The van der Waals surface area contributed by atoms with Crippen LogP contribution in [0.15, 0.2) is 45.9 Å². The van der Waals surface area contributed by atoms with E-state index in [1.165, 1.54) is 5.56 Å². The topological polar surface area (TPSA) is 39.2 Å². The number of nitrogens with two attached hydrogens (primary N) is 1. The Morgan fingerprint density at radius 2 is 2.18 bits per heavy atom. The summed E-state index contributed by atoms with van der Waals surface area (Å²) >= 11 is 7.89. The maximum atomic E-state index is 6.21. The van der Waals surface area contributed by atoms with E-state index in [1.54, 1.807) is 18.0 Å². The summed E-state index contributed by atoms with van der Waals surface area (Å²) in [5, 5.41) is 0.785. The van der Waals surface area contributed by atoms with Crippen molar-refractivity contribution in [1.82, 2.24) is 0 Å². The van der Waals surface area contributed by atoms with E-state index in [9.17, 15) is 0 Å². The molecule has 0 aliphatic heterocycles. The zero-order valence-corrected chi connectivity index (χ0v) is 10.9. The first kappa shape index (κ1) is 12.6. The van der Waals surface area contributed by atoms with Crippen molar-refractivity contribution in [1.29, 1.82) is 0 Å². The van der Waals surface area contributed by atoms with Crippen molar-refractivity contribution in [2.45, 2.75) is 17.1 Å². The summed E-state index contributed by atoms with van der Waals surface area (Å²) in [6.07, 6.45) is 2.55. The lowest BCUT2D eigenvalue weighted by atomic mass is 10.1. The molecule has 1 heterocycles. The van der Waals surface area contributed by atoms with Crippen LogP contribution in [0.2, 0.25) is 5.02 Å². The molecular weight excluding hydrogens is 254 g/mol. The molecule has 2 rings (SSSR count). The fourth-order valence-electron chi connectivity index (χ4n) is 1.53. The van der Waals surface area contributed by atoms with Gasteiger partial charge in [0.25, 0.3) is 0 Å². The van der Waals surface area contributed by atoms with E-state index in [0.29, 0.717) is 6.54 Å². The summed E-state index contributed by atoms with van der Waals surface area (Å²) in [5.41, 5.74) is 6.69. The first-order chi connectivity index (χ1) is 8.29. The largest absolute Gasteiger partial charge is 0.468 e. The third-order valence-corrected chi connectivity index (χ3v) is 3.90. The molecule has 0 unspecified atom stereocenters. The lowest BCUT2D eigenvalue weighted by Crippen LogP contribution is -2.02. The second-order valence-corrected chi connectivity index (χ2v) is 5.10. The highest BCUT2D eigenvalue weighted by molar-refractivity contribution is 7.98. The molecule has 0 saturated heterocycles. The molecule has 90 valence electrons. The maximum absolute atomic E-state index is 6.21. The van der Waals surface area contributed by atoms with E-state index in [2.05, 4.69) is 6.07 Å². The lowest BCUT2D eigenvalue weighted by Gasteiger charge is -2.05. The van der Waals surface area contributed by atoms with Gasteiger partial charge in [-0.25, -0.2) is 0 Å². The Kier molecular flexibility index (Phi) is 4.54. The molecule has 0 atom stereocenters. The minimum atomic E-state index is 0.648. The highest BCUT2D eigenvalue weighted by Gasteiger charge is 2.04. The van der Waals surface area contributed by atoms with Gasteiger partial charge in [-0.05, 0) is 42.8 Å². The molecule has 0 bridgehead atoms. The molecule has 0 fully saturated rings. The molecule has 0 radical (unpaired) electrons. The van der Waals surface area contributed by atoms with Gasteiger partial charge in [-0.15, -0.1) is 11.8 Å². The molecule has 0 aliphatic rings. The summed E-state index contributed by atoms with van der Waals surface area (Å²) in [7, 11) is 0. The van der Waals surface area contributed by atoms with Gasteiger partial charge in [-0.3, -0.25) is 0 Å². The van der Waals surface area contributed by atoms with Crippen LogP contribution in [0.3, 0.4) is 0 Å². The number of benzene rings is 1. The molecule has 2 N–H and O–H groups in total. The number of thioether (sulfide) groups is 1. The summed E-state index contributed by atoms with van der Waals surface area (Å²) < 4.78 is 5.28. The van der Waals surface area contributed by atoms with Gasteiger partial charge in [-0.2, -0.15) is 0 Å². The Bertz CT molecular complexity index is 470. The monoisotopic (exact) mass is 267 g/mol. The van der Waals surface area contributed by atoms with E-state index in [-0.39, 0.29) is 0 Å². The zero-order valence-electron chi connectivity index (χ0n) is 9.36. The van der Waals surface area contributed by atoms with Crippen LogP contribution < -0.4 is 5.73 Å².